The standard InChI is InChI=1S/C30H36N2O4/c1-29(2,3)19-11-13-21-23(17-19)27(35)31(25(21)33)15-9-7-8-10-16-32-26(34)22-14-12-20(30(4,5)6)18-24(22)28(32)36/h11-14,17-18H,7-10,15-16H2,1-6H3. The highest BCUT2D eigenvalue weighted by molar-refractivity contribution is 6.22. The first-order valence-corrected chi connectivity index (χ1v) is 12.8. The van der Waals surface area contributed by atoms with Gasteiger partial charge in [-0.2, -0.15) is 0 Å². The summed E-state index contributed by atoms with van der Waals surface area (Å²) in [6.45, 7) is 13.2. The highest BCUT2D eigenvalue weighted by Gasteiger charge is 2.37. The summed E-state index contributed by atoms with van der Waals surface area (Å²) in [5.41, 5.74) is 3.82. The molecule has 0 spiro atoms. The van der Waals surface area contributed by atoms with Crippen molar-refractivity contribution in [3.8, 4) is 0 Å². The SMILES string of the molecule is CC(C)(C)c1ccc2c(c1)C(=O)N(CCCCCCN1C(=O)c3ccc(C(C)(C)C)cc3C1=O)C2=O. The summed E-state index contributed by atoms with van der Waals surface area (Å²) < 4.78 is 0. The molecule has 0 unspecified atom stereocenters. The van der Waals surface area contributed by atoms with Gasteiger partial charge in [0.05, 0.1) is 22.3 Å². The van der Waals surface area contributed by atoms with Crippen LogP contribution in [-0.4, -0.2) is 46.5 Å². The molecule has 2 aromatic carbocycles. The Hall–Kier alpha value is -3.28. The second kappa shape index (κ2) is 9.30. The fourth-order valence-corrected chi connectivity index (χ4v) is 4.81. The third-order valence-electron chi connectivity index (χ3n) is 7.19. The topological polar surface area (TPSA) is 74.8 Å². The lowest BCUT2D eigenvalue weighted by Gasteiger charge is -2.19. The molecule has 0 fully saturated rings. The van der Waals surface area contributed by atoms with Crippen molar-refractivity contribution in [1.82, 2.24) is 9.80 Å². The molecule has 6 nitrogen and oxygen atoms in total. The average molecular weight is 489 g/mol. The second-order valence-corrected chi connectivity index (χ2v) is 12.0. The molecule has 190 valence electrons. The summed E-state index contributed by atoms with van der Waals surface area (Å²) in [5.74, 6) is -0.893. The van der Waals surface area contributed by atoms with Crippen molar-refractivity contribution < 1.29 is 19.2 Å². The Morgan fingerprint density at radius 2 is 0.833 bits per heavy atom. The van der Waals surface area contributed by atoms with E-state index in [0.717, 1.165) is 24.0 Å². The molecule has 2 aliphatic rings. The molecule has 0 atom stereocenters. The van der Waals surface area contributed by atoms with E-state index in [-0.39, 0.29) is 34.5 Å². The van der Waals surface area contributed by atoms with Gasteiger partial charge in [0, 0.05) is 13.1 Å². The molecular weight excluding hydrogens is 452 g/mol. The molecule has 6 heteroatoms. The van der Waals surface area contributed by atoms with E-state index in [1.54, 1.807) is 12.1 Å². The molecule has 0 aliphatic carbocycles. The third-order valence-corrected chi connectivity index (χ3v) is 7.19. The van der Waals surface area contributed by atoms with Gasteiger partial charge in [0.2, 0.25) is 0 Å². The maximum absolute atomic E-state index is 12.9. The van der Waals surface area contributed by atoms with E-state index >= 15 is 0 Å². The lowest BCUT2D eigenvalue weighted by atomic mass is 9.85. The Bertz CT molecular complexity index is 1150. The summed E-state index contributed by atoms with van der Waals surface area (Å²) in [7, 11) is 0. The number of unbranched alkanes of at least 4 members (excludes halogenated alkanes) is 3. The molecule has 4 rings (SSSR count). The van der Waals surface area contributed by atoms with E-state index in [0.29, 0.717) is 48.2 Å². The highest BCUT2D eigenvalue weighted by atomic mass is 16.2. The van der Waals surface area contributed by atoms with Gasteiger partial charge < -0.3 is 0 Å². The van der Waals surface area contributed by atoms with Gasteiger partial charge >= 0.3 is 0 Å². The summed E-state index contributed by atoms with van der Waals surface area (Å²) in [5, 5.41) is 0. The minimum absolute atomic E-state index is 0.0971. The van der Waals surface area contributed by atoms with Crippen LogP contribution in [0.4, 0.5) is 0 Å². The van der Waals surface area contributed by atoms with Crippen LogP contribution in [-0.2, 0) is 10.8 Å². The predicted octanol–water partition coefficient (Wildman–Crippen LogP) is 5.73. The Kier molecular flexibility index (Phi) is 6.67. The van der Waals surface area contributed by atoms with Crippen LogP contribution in [0.1, 0.15) is 120 Å². The molecule has 0 saturated carbocycles. The van der Waals surface area contributed by atoms with E-state index < -0.39 is 0 Å². The zero-order valence-electron chi connectivity index (χ0n) is 22.2. The van der Waals surface area contributed by atoms with E-state index in [2.05, 4.69) is 41.5 Å². The lowest BCUT2D eigenvalue weighted by Crippen LogP contribution is -2.31. The molecule has 2 aromatic rings. The third kappa shape index (κ3) is 4.73. The fourth-order valence-electron chi connectivity index (χ4n) is 4.81. The highest BCUT2D eigenvalue weighted by Crippen LogP contribution is 2.31. The Morgan fingerprint density at radius 3 is 1.17 bits per heavy atom. The van der Waals surface area contributed by atoms with Crippen LogP contribution in [0.25, 0.3) is 0 Å². The van der Waals surface area contributed by atoms with Crippen molar-refractivity contribution in [1.29, 1.82) is 0 Å². The van der Waals surface area contributed by atoms with Gasteiger partial charge in [0.15, 0.2) is 0 Å². The van der Waals surface area contributed by atoms with E-state index in [1.165, 1.54) is 9.80 Å². The number of hydrogen-bond acceptors (Lipinski definition) is 4. The first-order valence-electron chi connectivity index (χ1n) is 12.8. The number of carbonyl (C=O) groups excluding carboxylic acids is 4. The Balaban J connectivity index is 1.27. The van der Waals surface area contributed by atoms with Gasteiger partial charge in [-0.3, -0.25) is 29.0 Å². The molecule has 36 heavy (non-hydrogen) atoms. The molecule has 0 saturated heterocycles. The summed E-state index contributed by atoms with van der Waals surface area (Å²) in [6, 6.07) is 11.1. The van der Waals surface area contributed by atoms with Crippen molar-refractivity contribution >= 4 is 23.6 Å². The molecule has 0 N–H and O–H groups in total. The van der Waals surface area contributed by atoms with Gasteiger partial charge in [-0.1, -0.05) is 66.5 Å². The van der Waals surface area contributed by atoms with Crippen molar-refractivity contribution in [2.45, 2.75) is 78.1 Å². The second-order valence-electron chi connectivity index (χ2n) is 12.0. The quantitative estimate of drug-likeness (QED) is 0.368. The Labute approximate surface area is 213 Å². The number of carbonyl (C=O) groups is 4. The maximum Gasteiger partial charge on any atom is 0.261 e. The smallest absolute Gasteiger partial charge is 0.261 e. The van der Waals surface area contributed by atoms with Gasteiger partial charge in [-0.05, 0) is 59.1 Å². The van der Waals surface area contributed by atoms with E-state index in [1.807, 2.05) is 24.3 Å². The molecule has 0 aromatic heterocycles. The van der Waals surface area contributed by atoms with E-state index in [9.17, 15) is 19.2 Å². The zero-order valence-corrected chi connectivity index (χ0v) is 22.2. The summed E-state index contributed by atoms with van der Waals surface area (Å²) in [6.07, 6.45) is 2.99. The number of imide groups is 2. The van der Waals surface area contributed by atoms with Crippen molar-refractivity contribution in [3.05, 3.63) is 69.8 Å². The first-order chi connectivity index (χ1) is 16.8. The molecule has 2 aliphatic heterocycles. The van der Waals surface area contributed by atoms with Crippen LogP contribution in [0.2, 0.25) is 0 Å². The van der Waals surface area contributed by atoms with Crippen LogP contribution in [0, 0.1) is 0 Å². The van der Waals surface area contributed by atoms with Crippen LogP contribution in [0.15, 0.2) is 36.4 Å². The number of rotatable bonds is 7. The molecule has 0 bridgehead atoms. The van der Waals surface area contributed by atoms with Gasteiger partial charge in [-0.25, -0.2) is 0 Å². The van der Waals surface area contributed by atoms with Crippen LogP contribution >= 0.6 is 0 Å². The number of amides is 4. The van der Waals surface area contributed by atoms with Crippen LogP contribution in [0.5, 0.6) is 0 Å². The largest absolute Gasteiger partial charge is 0.274 e. The van der Waals surface area contributed by atoms with E-state index in [4.69, 9.17) is 0 Å². The molecule has 0 radical (unpaired) electrons. The van der Waals surface area contributed by atoms with Crippen LogP contribution in [0.3, 0.4) is 0 Å². The number of nitrogens with zero attached hydrogens (tertiary/aromatic N) is 2. The normalized spacial score (nSPS) is 15.7. The minimum atomic E-state index is -0.226. The number of fused-ring (bicyclic) bond motifs is 2. The zero-order chi connectivity index (χ0) is 26.4. The average Bonchev–Trinajstić information content (AvgIpc) is 3.19. The van der Waals surface area contributed by atoms with Crippen molar-refractivity contribution in [2.24, 2.45) is 0 Å². The van der Waals surface area contributed by atoms with Gasteiger partial charge in [0.1, 0.15) is 0 Å². The summed E-state index contributed by atoms with van der Waals surface area (Å²) >= 11 is 0. The van der Waals surface area contributed by atoms with Crippen LogP contribution < -0.4 is 0 Å². The molecular formula is C30H36N2O4. The fraction of sp³-hybridized carbons (Fsp3) is 0.467. The van der Waals surface area contributed by atoms with Crippen molar-refractivity contribution in [2.75, 3.05) is 13.1 Å². The summed E-state index contributed by atoms with van der Waals surface area (Å²) in [4.78, 5) is 53.9. The van der Waals surface area contributed by atoms with Crippen molar-refractivity contribution in [3.63, 3.8) is 0 Å². The Morgan fingerprint density at radius 1 is 0.500 bits per heavy atom. The van der Waals surface area contributed by atoms with Gasteiger partial charge in [-0.15, -0.1) is 0 Å². The lowest BCUT2D eigenvalue weighted by molar-refractivity contribution is 0.0630. The number of hydrogen-bond donors (Lipinski definition) is 0. The predicted molar refractivity (Wildman–Crippen MR) is 139 cm³/mol. The molecule has 4 amide bonds. The monoisotopic (exact) mass is 488 g/mol. The first kappa shape index (κ1) is 25.8. The maximum atomic E-state index is 12.9. The van der Waals surface area contributed by atoms with Gasteiger partial charge in [0.25, 0.3) is 23.6 Å². The minimum Gasteiger partial charge on any atom is -0.274 e. The molecule has 2 heterocycles. The number of benzene rings is 2.